The number of ether oxygens (including phenoxy) is 2. The van der Waals surface area contributed by atoms with Gasteiger partial charge in [0.2, 0.25) is 0 Å². The molecule has 0 saturated carbocycles. The number of hydrogen-bond acceptors (Lipinski definition) is 3. The van der Waals surface area contributed by atoms with Crippen LogP contribution in [0, 0.1) is 5.92 Å². The third kappa shape index (κ3) is 10.4. The van der Waals surface area contributed by atoms with Crippen molar-refractivity contribution in [2.24, 2.45) is 10.9 Å². The van der Waals surface area contributed by atoms with Crippen LogP contribution in [0.3, 0.4) is 0 Å². The fraction of sp³-hybridized carbons (Fsp3) is 0.588. The Labute approximate surface area is 157 Å². The van der Waals surface area contributed by atoms with Crippen molar-refractivity contribution < 1.29 is 9.47 Å². The van der Waals surface area contributed by atoms with Crippen LogP contribution in [0.1, 0.15) is 26.3 Å². The van der Waals surface area contributed by atoms with Crippen LogP contribution in [0.4, 0.5) is 0 Å². The molecule has 0 heterocycles. The lowest BCUT2D eigenvalue weighted by atomic mass is 10.2. The molecule has 1 aromatic rings. The number of aliphatic imine (C=N–C) groups is 1. The van der Waals surface area contributed by atoms with Gasteiger partial charge in [-0.05, 0) is 30.5 Å². The van der Waals surface area contributed by atoms with E-state index in [9.17, 15) is 0 Å². The summed E-state index contributed by atoms with van der Waals surface area (Å²) in [7, 11) is 1.67. The zero-order valence-corrected chi connectivity index (χ0v) is 16.9. The number of halogens is 1. The van der Waals surface area contributed by atoms with Gasteiger partial charge in [0.25, 0.3) is 0 Å². The number of nitrogens with zero attached hydrogens (tertiary/aromatic N) is 1. The lowest BCUT2D eigenvalue weighted by Crippen LogP contribution is -2.39. The van der Waals surface area contributed by atoms with Crippen molar-refractivity contribution in [3.8, 4) is 5.75 Å². The number of methoxy groups -OCH3 is 1. The second-order valence-corrected chi connectivity index (χ2v) is 5.46. The summed E-state index contributed by atoms with van der Waals surface area (Å²) in [5.74, 6) is 2.30. The van der Waals surface area contributed by atoms with E-state index in [4.69, 9.17) is 9.47 Å². The van der Waals surface area contributed by atoms with Crippen molar-refractivity contribution in [2.75, 3.05) is 33.4 Å². The van der Waals surface area contributed by atoms with Crippen molar-refractivity contribution in [2.45, 2.75) is 27.3 Å². The van der Waals surface area contributed by atoms with E-state index in [1.54, 1.807) is 7.11 Å². The van der Waals surface area contributed by atoms with Gasteiger partial charge in [-0.3, -0.25) is 0 Å². The average Bonchev–Trinajstić information content (AvgIpc) is 2.51. The van der Waals surface area contributed by atoms with Gasteiger partial charge >= 0.3 is 0 Å². The number of nitrogens with one attached hydrogen (secondary N) is 2. The molecule has 0 bridgehead atoms. The van der Waals surface area contributed by atoms with Gasteiger partial charge in [-0.15, -0.1) is 24.0 Å². The predicted molar refractivity (Wildman–Crippen MR) is 107 cm³/mol. The fourth-order valence-corrected chi connectivity index (χ4v) is 1.75. The minimum absolute atomic E-state index is 0. The molecule has 132 valence electrons. The molecule has 1 rings (SSSR count). The number of benzene rings is 1. The molecule has 0 aliphatic heterocycles. The highest BCUT2D eigenvalue weighted by atomic mass is 127. The molecule has 0 amide bonds. The van der Waals surface area contributed by atoms with Gasteiger partial charge in [0.05, 0.1) is 13.2 Å². The van der Waals surface area contributed by atoms with Gasteiger partial charge in [0.15, 0.2) is 5.96 Å². The summed E-state index contributed by atoms with van der Waals surface area (Å²) < 4.78 is 10.5. The second kappa shape index (κ2) is 13.4. The molecule has 0 aliphatic rings. The third-order valence-corrected chi connectivity index (χ3v) is 2.92. The maximum atomic E-state index is 5.54. The first-order chi connectivity index (χ1) is 10.7. The van der Waals surface area contributed by atoms with E-state index in [0.717, 1.165) is 30.4 Å². The third-order valence-electron chi connectivity index (χ3n) is 2.92. The summed E-state index contributed by atoms with van der Waals surface area (Å²) >= 11 is 0. The molecule has 6 heteroatoms. The Kier molecular flexibility index (Phi) is 12.8. The molecule has 0 spiro atoms. The van der Waals surface area contributed by atoms with Crippen LogP contribution in [0.25, 0.3) is 0 Å². The van der Waals surface area contributed by atoms with E-state index in [2.05, 4.69) is 36.4 Å². The first-order valence-electron chi connectivity index (χ1n) is 7.88. The van der Waals surface area contributed by atoms with Crippen LogP contribution in [0.15, 0.2) is 29.3 Å². The Morgan fingerprint density at radius 2 is 1.83 bits per heavy atom. The Hall–Kier alpha value is -1.02. The van der Waals surface area contributed by atoms with Gasteiger partial charge in [0.1, 0.15) is 12.4 Å². The lowest BCUT2D eigenvalue weighted by molar-refractivity contribution is 0.146. The largest absolute Gasteiger partial charge is 0.491 e. The zero-order valence-electron chi connectivity index (χ0n) is 14.6. The van der Waals surface area contributed by atoms with E-state index in [-0.39, 0.29) is 24.0 Å². The maximum Gasteiger partial charge on any atom is 0.191 e. The van der Waals surface area contributed by atoms with Gasteiger partial charge in [0, 0.05) is 20.2 Å². The lowest BCUT2D eigenvalue weighted by Gasteiger charge is -2.13. The molecule has 0 atom stereocenters. The summed E-state index contributed by atoms with van der Waals surface area (Å²) in [5.41, 5.74) is 1.15. The van der Waals surface area contributed by atoms with E-state index in [1.165, 1.54) is 0 Å². The standard InChI is InChI=1S/C17H29N3O2.HI/c1-5-18-17(19-12-14(2)3)20-13-15-6-8-16(9-7-15)22-11-10-21-4;/h6-9,14H,5,10-13H2,1-4H3,(H2,18,19,20);1H. The Morgan fingerprint density at radius 3 is 2.39 bits per heavy atom. The molecule has 0 aromatic heterocycles. The first kappa shape index (κ1) is 22.0. The molecule has 2 N–H and O–H groups in total. The summed E-state index contributed by atoms with van der Waals surface area (Å²) in [5, 5.41) is 6.59. The monoisotopic (exact) mass is 435 g/mol. The van der Waals surface area contributed by atoms with Crippen molar-refractivity contribution >= 4 is 29.9 Å². The highest BCUT2D eigenvalue weighted by Crippen LogP contribution is 2.12. The Balaban J connectivity index is 0.00000484. The Bertz CT molecular complexity index is 436. The first-order valence-corrected chi connectivity index (χ1v) is 7.88. The molecule has 0 aliphatic carbocycles. The Morgan fingerprint density at radius 1 is 1.13 bits per heavy atom. The second-order valence-electron chi connectivity index (χ2n) is 5.46. The fourth-order valence-electron chi connectivity index (χ4n) is 1.75. The topological polar surface area (TPSA) is 54.9 Å². The average molecular weight is 435 g/mol. The number of guanidine groups is 1. The SMILES string of the molecule is CCNC(=NCc1ccc(OCCOC)cc1)NCC(C)C.I. The predicted octanol–water partition coefficient (Wildman–Crippen LogP) is 3.04. The molecule has 0 radical (unpaired) electrons. The van der Waals surface area contributed by atoms with Crippen LogP contribution in [0.2, 0.25) is 0 Å². The molecule has 5 nitrogen and oxygen atoms in total. The van der Waals surface area contributed by atoms with Crippen molar-refractivity contribution in [3.63, 3.8) is 0 Å². The van der Waals surface area contributed by atoms with Crippen LogP contribution < -0.4 is 15.4 Å². The summed E-state index contributed by atoms with van der Waals surface area (Å²) in [6.45, 7) is 10.0. The van der Waals surface area contributed by atoms with E-state index in [0.29, 0.717) is 25.7 Å². The minimum Gasteiger partial charge on any atom is -0.491 e. The normalized spacial score (nSPS) is 11.1. The van der Waals surface area contributed by atoms with Crippen LogP contribution in [-0.2, 0) is 11.3 Å². The van der Waals surface area contributed by atoms with Gasteiger partial charge in [-0.25, -0.2) is 4.99 Å². The van der Waals surface area contributed by atoms with Crippen LogP contribution in [0.5, 0.6) is 5.75 Å². The quantitative estimate of drug-likeness (QED) is 0.271. The van der Waals surface area contributed by atoms with Crippen molar-refractivity contribution in [3.05, 3.63) is 29.8 Å². The molecule has 23 heavy (non-hydrogen) atoms. The molecule has 0 saturated heterocycles. The number of rotatable bonds is 9. The van der Waals surface area contributed by atoms with Crippen LogP contribution >= 0.6 is 24.0 Å². The van der Waals surface area contributed by atoms with Gasteiger partial charge < -0.3 is 20.1 Å². The van der Waals surface area contributed by atoms with Crippen LogP contribution in [-0.4, -0.2) is 39.4 Å². The molecular weight excluding hydrogens is 405 g/mol. The van der Waals surface area contributed by atoms with Gasteiger partial charge in [-0.2, -0.15) is 0 Å². The van der Waals surface area contributed by atoms with E-state index >= 15 is 0 Å². The molecule has 0 unspecified atom stereocenters. The zero-order chi connectivity index (χ0) is 16.2. The highest BCUT2D eigenvalue weighted by molar-refractivity contribution is 14.0. The molecular formula is C17H30IN3O2. The highest BCUT2D eigenvalue weighted by Gasteiger charge is 2.00. The van der Waals surface area contributed by atoms with Crippen molar-refractivity contribution in [1.29, 1.82) is 0 Å². The number of hydrogen-bond donors (Lipinski definition) is 2. The minimum atomic E-state index is 0. The molecule has 0 fully saturated rings. The van der Waals surface area contributed by atoms with E-state index < -0.39 is 0 Å². The summed E-state index contributed by atoms with van der Waals surface area (Å²) in [6, 6.07) is 8.01. The summed E-state index contributed by atoms with van der Waals surface area (Å²) in [6.07, 6.45) is 0. The summed E-state index contributed by atoms with van der Waals surface area (Å²) in [4.78, 5) is 4.59. The van der Waals surface area contributed by atoms with Gasteiger partial charge in [-0.1, -0.05) is 26.0 Å². The maximum absolute atomic E-state index is 5.54. The van der Waals surface area contributed by atoms with Crippen molar-refractivity contribution in [1.82, 2.24) is 10.6 Å². The molecule has 1 aromatic carbocycles. The smallest absolute Gasteiger partial charge is 0.191 e. The van der Waals surface area contributed by atoms with E-state index in [1.807, 2.05) is 24.3 Å².